The highest BCUT2D eigenvalue weighted by molar-refractivity contribution is 5.09. The van der Waals surface area contributed by atoms with Crippen molar-refractivity contribution in [3.8, 4) is 0 Å². The van der Waals surface area contributed by atoms with Crippen LogP contribution >= 0.6 is 0 Å². The van der Waals surface area contributed by atoms with Crippen molar-refractivity contribution < 1.29 is 4.39 Å². The van der Waals surface area contributed by atoms with Crippen LogP contribution in [0.2, 0.25) is 0 Å². The van der Waals surface area contributed by atoms with Gasteiger partial charge in [0.15, 0.2) is 0 Å². The van der Waals surface area contributed by atoms with E-state index in [2.05, 4.69) is 25.7 Å². The molecule has 0 N–H and O–H groups in total. The first kappa shape index (κ1) is 10.4. The van der Waals surface area contributed by atoms with Gasteiger partial charge in [-0.1, -0.05) is 20.8 Å². The van der Waals surface area contributed by atoms with E-state index >= 15 is 0 Å². The quantitative estimate of drug-likeness (QED) is 0.627. The van der Waals surface area contributed by atoms with E-state index in [0.29, 0.717) is 11.0 Å². The van der Waals surface area contributed by atoms with Crippen LogP contribution in [0.15, 0.2) is 0 Å². The fourth-order valence-electron chi connectivity index (χ4n) is 3.60. The maximum Gasteiger partial charge on any atom is 0.105 e. The summed E-state index contributed by atoms with van der Waals surface area (Å²) in [5.74, 6) is 0. The van der Waals surface area contributed by atoms with Crippen LogP contribution < -0.4 is 0 Å². The van der Waals surface area contributed by atoms with Gasteiger partial charge < -0.3 is 0 Å². The normalized spacial score (nSPS) is 39.0. The third kappa shape index (κ3) is 1.23. The molecule has 0 aromatic carbocycles. The molecule has 0 aliphatic carbocycles. The van der Waals surface area contributed by atoms with Crippen LogP contribution in [0.3, 0.4) is 0 Å². The zero-order valence-corrected chi connectivity index (χ0v) is 9.65. The molecule has 1 nitrogen and oxygen atoms in total. The van der Waals surface area contributed by atoms with E-state index in [4.69, 9.17) is 0 Å². The van der Waals surface area contributed by atoms with Gasteiger partial charge in [-0.3, -0.25) is 4.90 Å². The molecule has 2 fully saturated rings. The molecule has 14 heavy (non-hydrogen) atoms. The number of alkyl halides is 1. The van der Waals surface area contributed by atoms with Crippen LogP contribution in [0.25, 0.3) is 0 Å². The Kier molecular flexibility index (Phi) is 2.37. The van der Waals surface area contributed by atoms with Crippen molar-refractivity contribution in [2.45, 2.75) is 58.0 Å². The first-order valence-corrected chi connectivity index (χ1v) is 5.84. The van der Waals surface area contributed by atoms with Gasteiger partial charge in [0.05, 0.1) is 0 Å². The van der Waals surface area contributed by atoms with Crippen molar-refractivity contribution in [1.29, 1.82) is 0 Å². The second-order valence-corrected chi connectivity index (χ2v) is 5.93. The molecule has 2 unspecified atom stereocenters. The summed E-state index contributed by atoms with van der Waals surface area (Å²) in [7, 11) is 0. The van der Waals surface area contributed by atoms with Crippen molar-refractivity contribution >= 4 is 0 Å². The first-order valence-electron chi connectivity index (χ1n) is 5.84. The Morgan fingerprint density at radius 1 is 1.36 bits per heavy atom. The summed E-state index contributed by atoms with van der Waals surface area (Å²) in [6.45, 7) is 7.90. The molecular formula is C12H22FN. The number of fused-ring (bicyclic) bond motifs is 1. The van der Waals surface area contributed by atoms with Crippen LogP contribution in [-0.4, -0.2) is 29.7 Å². The molecule has 2 saturated heterocycles. The average Bonchev–Trinajstić information content (AvgIpc) is 2.58. The molecule has 0 radical (unpaired) electrons. The van der Waals surface area contributed by atoms with Crippen molar-refractivity contribution in [1.82, 2.24) is 4.90 Å². The SMILES string of the molecule is CC(C)(C)C12CCCN1C(CF)CC2. The fraction of sp³-hybridized carbons (Fsp3) is 1.00. The topological polar surface area (TPSA) is 3.24 Å². The van der Waals surface area contributed by atoms with Crippen LogP contribution in [0.1, 0.15) is 46.5 Å². The molecule has 2 heterocycles. The van der Waals surface area contributed by atoms with E-state index in [9.17, 15) is 4.39 Å². The van der Waals surface area contributed by atoms with Gasteiger partial charge in [-0.25, -0.2) is 4.39 Å². The number of halogens is 1. The number of hydrogen-bond donors (Lipinski definition) is 0. The lowest BCUT2D eigenvalue weighted by Gasteiger charge is -2.45. The summed E-state index contributed by atoms with van der Waals surface area (Å²) in [5.41, 5.74) is 0.608. The zero-order valence-electron chi connectivity index (χ0n) is 9.65. The monoisotopic (exact) mass is 199 g/mol. The largest absolute Gasteiger partial charge is 0.292 e. The number of rotatable bonds is 1. The number of hydrogen-bond acceptors (Lipinski definition) is 1. The molecule has 2 atom stereocenters. The first-order chi connectivity index (χ1) is 6.51. The molecule has 0 spiro atoms. The Morgan fingerprint density at radius 2 is 2.07 bits per heavy atom. The lowest BCUT2D eigenvalue weighted by Crippen LogP contribution is -2.51. The highest BCUT2D eigenvalue weighted by Gasteiger charge is 2.54. The summed E-state index contributed by atoms with van der Waals surface area (Å²) < 4.78 is 12.9. The van der Waals surface area contributed by atoms with Crippen LogP contribution in [0, 0.1) is 5.41 Å². The predicted molar refractivity (Wildman–Crippen MR) is 57.1 cm³/mol. The molecular weight excluding hydrogens is 177 g/mol. The Labute approximate surface area is 86.7 Å². The van der Waals surface area contributed by atoms with Gasteiger partial charge in [0.25, 0.3) is 0 Å². The van der Waals surface area contributed by atoms with Crippen molar-refractivity contribution in [2.75, 3.05) is 13.2 Å². The van der Waals surface area contributed by atoms with Crippen molar-refractivity contribution in [3.63, 3.8) is 0 Å². The van der Waals surface area contributed by atoms with Crippen molar-refractivity contribution in [2.24, 2.45) is 5.41 Å². The summed E-state index contributed by atoms with van der Waals surface area (Å²) in [6, 6.07) is 0.219. The summed E-state index contributed by atoms with van der Waals surface area (Å²) in [6.07, 6.45) is 4.79. The number of nitrogens with zero attached hydrogens (tertiary/aromatic N) is 1. The van der Waals surface area contributed by atoms with Crippen LogP contribution in [-0.2, 0) is 0 Å². The van der Waals surface area contributed by atoms with Gasteiger partial charge in [0.1, 0.15) is 6.67 Å². The average molecular weight is 199 g/mol. The minimum absolute atomic E-state index is 0.155. The maximum absolute atomic E-state index is 12.9. The van der Waals surface area contributed by atoms with Gasteiger partial charge >= 0.3 is 0 Å². The van der Waals surface area contributed by atoms with E-state index < -0.39 is 0 Å². The highest BCUT2D eigenvalue weighted by atomic mass is 19.1. The van der Waals surface area contributed by atoms with Crippen molar-refractivity contribution in [3.05, 3.63) is 0 Å². The summed E-state index contributed by atoms with van der Waals surface area (Å²) >= 11 is 0. The lowest BCUT2D eigenvalue weighted by atomic mass is 9.71. The fourth-order valence-corrected chi connectivity index (χ4v) is 3.60. The van der Waals surface area contributed by atoms with Gasteiger partial charge in [-0.2, -0.15) is 0 Å². The van der Waals surface area contributed by atoms with E-state index in [1.807, 2.05) is 0 Å². The summed E-state index contributed by atoms with van der Waals surface area (Å²) in [5, 5.41) is 0. The van der Waals surface area contributed by atoms with Crippen LogP contribution in [0.5, 0.6) is 0 Å². The standard InChI is InChI=1S/C12H22FN/c1-11(2,3)12-6-4-8-14(12)10(9-13)5-7-12/h10H,4-9H2,1-3H3. The van der Waals surface area contributed by atoms with Gasteiger partial charge in [-0.15, -0.1) is 0 Å². The van der Waals surface area contributed by atoms with Gasteiger partial charge in [0, 0.05) is 11.6 Å². The van der Waals surface area contributed by atoms with Gasteiger partial charge in [0.2, 0.25) is 0 Å². The molecule has 2 rings (SSSR count). The lowest BCUT2D eigenvalue weighted by molar-refractivity contribution is 0.0369. The second kappa shape index (κ2) is 3.19. The molecule has 82 valence electrons. The summed E-state index contributed by atoms with van der Waals surface area (Å²) in [4.78, 5) is 2.47. The minimum atomic E-state index is -0.155. The zero-order chi connectivity index (χ0) is 10.4. The highest BCUT2D eigenvalue weighted by Crippen LogP contribution is 2.52. The van der Waals surface area contributed by atoms with Gasteiger partial charge in [-0.05, 0) is 37.6 Å². The Morgan fingerprint density at radius 3 is 2.64 bits per heavy atom. The molecule has 0 bridgehead atoms. The van der Waals surface area contributed by atoms with E-state index in [0.717, 1.165) is 13.0 Å². The molecule has 0 saturated carbocycles. The molecule has 2 aliphatic rings. The Balaban J connectivity index is 2.26. The molecule has 2 aliphatic heterocycles. The van der Waals surface area contributed by atoms with E-state index in [1.165, 1.54) is 19.3 Å². The predicted octanol–water partition coefficient (Wildman–Crippen LogP) is 3.00. The Hall–Kier alpha value is -0.110. The Bertz CT molecular complexity index is 221. The molecule has 2 heteroatoms. The third-order valence-electron chi connectivity index (χ3n) is 4.45. The molecule has 0 amide bonds. The van der Waals surface area contributed by atoms with Crippen LogP contribution in [0.4, 0.5) is 4.39 Å². The van der Waals surface area contributed by atoms with E-state index in [1.54, 1.807) is 0 Å². The smallest absolute Gasteiger partial charge is 0.105 e. The maximum atomic E-state index is 12.9. The minimum Gasteiger partial charge on any atom is -0.292 e. The third-order valence-corrected chi connectivity index (χ3v) is 4.45. The molecule has 0 aromatic rings. The molecule has 0 aromatic heterocycles. The second-order valence-electron chi connectivity index (χ2n) is 5.93. The van der Waals surface area contributed by atoms with E-state index in [-0.39, 0.29) is 12.7 Å².